The van der Waals surface area contributed by atoms with Crippen molar-refractivity contribution in [2.24, 2.45) is 0 Å². The van der Waals surface area contributed by atoms with Gasteiger partial charge in [-0.1, -0.05) is 13.8 Å². The van der Waals surface area contributed by atoms with Crippen molar-refractivity contribution >= 4 is 21.6 Å². The van der Waals surface area contributed by atoms with Crippen molar-refractivity contribution in [3.8, 4) is 0 Å². The van der Waals surface area contributed by atoms with Crippen molar-refractivity contribution < 1.29 is 397 Å². The number of benzene rings is 1. The van der Waals surface area contributed by atoms with Gasteiger partial charge in [-0.3, -0.25) is 33.4 Å². The molecule has 1 aromatic rings. The molecule has 0 saturated carbocycles. The normalized spacial score (nSPS) is 4.96. The summed E-state index contributed by atoms with van der Waals surface area (Å²) in [6.45, 7) is 3.52. The Kier molecular flexibility index (Phi) is 155. The molecule has 0 bridgehead atoms. The van der Waals surface area contributed by atoms with Crippen molar-refractivity contribution in [2.75, 3.05) is 0 Å². The number of nitro groups is 1. The number of nitro benzene ring substituents is 1. The predicted molar refractivity (Wildman–Crippen MR) is 47.9 cm³/mol. The minimum Gasteiger partial charge on any atom is -0.274 e. The summed E-state index contributed by atoms with van der Waals surface area (Å²) in [5.41, 5.74) is 1.36. The smallest absolute Gasteiger partial charge is 0.0352 e. The van der Waals surface area contributed by atoms with E-state index in [9.17, 15) is 10.1 Å². The molecule has 12 radical (unpaired) electrons. The maximum atomic E-state index is 10.3. The van der Waals surface area contributed by atoms with E-state index in [0.717, 1.165) is 15.6 Å². The number of hydrogen-bond acceptors (Lipinski definition) is 2. The molecule has 1 rings (SSSR count). The van der Waals surface area contributed by atoms with Crippen molar-refractivity contribution in [3.05, 3.63) is 37.8 Å². The second kappa shape index (κ2) is 48.4. The topological polar surface area (TPSA) is 43.1 Å². The van der Waals surface area contributed by atoms with E-state index in [1.54, 1.807) is 13.8 Å². The first kappa shape index (κ1) is 76.6. The average Bonchev–Trinajstić information content (AvgIpc) is 1.99. The van der Waals surface area contributed by atoms with Crippen molar-refractivity contribution in [1.29, 1.82) is 0 Å². The van der Waals surface area contributed by atoms with E-state index in [2.05, 4.69) is 28.1 Å². The molecule has 0 atom stereocenters. The van der Waals surface area contributed by atoms with Crippen LogP contribution in [0.3, 0.4) is 0 Å². The third kappa shape index (κ3) is 36.5. The number of aryl methyl sites for hydroxylation is 2. The molecule has 24 heavy (non-hydrogen) atoms. The molecule has 0 fully saturated rings. The first-order valence-electron chi connectivity index (χ1n) is 3.28. The van der Waals surface area contributed by atoms with E-state index in [1.165, 1.54) is 0 Å². The van der Waals surface area contributed by atoms with Gasteiger partial charge in [0.2, 0.25) is 0 Å². The van der Waals surface area contributed by atoms with Crippen molar-refractivity contribution in [1.82, 2.24) is 0 Å². The van der Waals surface area contributed by atoms with Gasteiger partial charge in [0, 0.05) is 403 Å². The minimum atomic E-state index is -0.494. The summed E-state index contributed by atoms with van der Waals surface area (Å²) >= 11 is 3.28. The van der Waals surface area contributed by atoms with E-state index in [0.29, 0.717) is 0 Å². The summed E-state index contributed by atoms with van der Waals surface area (Å²) in [6, 6.07) is 5.23. The Morgan fingerprint density at radius 3 is 1.08 bits per heavy atom. The van der Waals surface area contributed by atoms with Crippen LogP contribution >= 0.6 is 15.9 Å². The summed E-state index contributed by atoms with van der Waals surface area (Å²) in [7, 11) is 0. The summed E-state index contributed by atoms with van der Waals surface area (Å²) in [5.74, 6) is 0. The molecule has 3 nitrogen and oxygen atoms in total. The second-order valence-corrected chi connectivity index (χ2v) is 3.21. The van der Waals surface area contributed by atoms with Crippen molar-refractivity contribution in [2.45, 2.75) is 13.8 Å². The van der Waals surface area contributed by atoms with Crippen LogP contribution < -0.4 is 0 Å². The summed E-state index contributed by atoms with van der Waals surface area (Å²) in [4.78, 5) is 9.85. The fourth-order valence-electron chi connectivity index (χ4n) is 0.869. The third-order valence-electron chi connectivity index (χ3n) is 1.45. The van der Waals surface area contributed by atoms with E-state index in [-0.39, 0.29) is 398 Å². The zero-order valence-electron chi connectivity index (χ0n) is 13.6. The van der Waals surface area contributed by atoms with Gasteiger partial charge in [0.15, 0.2) is 0 Å². The van der Waals surface area contributed by atoms with Crippen LogP contribution in [0.4, 0.5) is 5.69 Å². The zero-order valence-corrected chi connectivity index (χ0v) is 49.2. The molecule has 0 aromatic heterocycles. The van der Waals surface area contributed by atoms with Gasteiger partial charge in [0.1, 0.15) is 0 Å². The van der Waals surface area contributed by atoms with Crippen LogP contribution in [0.5, 0.6) is 0 Å². The quantitative estimate of drug-likeness (QED) is 0.247. The molecular formula is C8H6BrNO2Y12-2. The van der Waals surface area contributed by atoms with Gasteiger partial charge in [-0.15, -0.1) is 0 Å². The van der Waals surface area contributed by atoms with Gasteiger partial charge in [0.25, 0.3) is 0 Å². The van der Waals surface area contributed by atoms with Gasteiger partial charge in [0.05, 0.1) is 0 Å². The van der Waals surface area contributed by atoms with Gasteiger partial charge >= 0.3 is 0 Å². The maximum absolute atomic E-state index is 10.3. The fourth-order valence-corrected chi connectivity index (χ4v) is 1.07. The van der Waals surface area contributed by atoms with E-state index in [4.69, 9.17) is 0 Å². The molecule has 0 aliphatic rings. The van der Waals surface area contributed by atoms with Gasteiger partial charge in [-0.05, 0) is 0 Å². The zero-order chi connectivity index (χ0) is 9.30. The molecule has 0 unspecified atom stereocenters. The van der Waals surface area contributed by atoms with Crippen LogP contribution in [0.1, 0.15) is 11.1 Å². The SMILES string of the molecule is Cc1[c-]c([N+](=O)[O-])[c-]c(C)c1Br.[Y].[Y].[Y].[Y].[Y].[Y].[Y].[Y].[Y].[Y].[Y].[Y]. The van der Waals surface area contributed by atoms with Crippen LogP contribution in [-0.2, 0) is 393 Å². The Labute approximate surface area is 455 Å². The van der Waals surface area contributed by atoms with Crippen LogP contribution in [0.25, 0.3) is 0 Å². The number of halogens is 1. The number of hydrogen-bond donors (Lipinski definition) is 0. The minimum absolute atomic E-state index is 0. The second-order valence-electron chi connectivity index (χ2n) is 2.42. The molecule has 0 amide bonds. The van der Waals surface area contributed by atoms with E-state index in [1.807, 2.05) is 0 Å². The van der Waals surface area contributed by atoms with Gasteiger partial charge < -0.3 is 0 Å². The molecule has 0 heterocycles. The first-order chi connectivity index (χ1) is 5.52. The summed E-state index contributed by atoms with van der Waals surface area (Å²) in [5, 5.41) is 10.3. The molecule has 0 spiro atoms. The summed E-state index contributed by atoms with van der Waals surface area (Å²) in [6.07, 6.45) is 0. The Morgan fingerprint density at radius 1 is 0.708 bits per heavy atom. The fraction of sp³-hybridized carbons (Fsp3) is 0.250. The largest absolute Gasteiger partial charge is 0.274 e. The van der Waals surface area contributed by atoms with Gasteiger partial charge in [-0.25, -0.2) is 20.4 Å². The van der Waals surface area contributed by atoms with E-state index >= 15 is 0 Å². The van der Waals surface area contributed by atoms with Crippen LogP contribution in [-0.4, -0.2) is 4.92 Å². The molecule has 0 N–H and O–H groups in total. The Hall–Kier alpha value is 12.3. The summed E-state index contributed by atoms with van der Waals surface area (Å²) < 4.78 is 0.827. The standard InChI is InChI=1S/C8H6BrNO2.12Y/c1-5-3-7(10(11)12)4-6(2)8(5)9;;;;;;;;;;;;/h1-2H3;;;;;;;;;;;;/q-2;;;;;;;;;;;;. The van der Waals surface area contributed by atoms with Crippen LogP contribution in [0, 0.1) is 36.1 Å². The Bertz CT molecular complexity index is 337. The predicted octanol–water partition coefficient (Wildman–Crippen LogP) is 2.54. The number of nitrogens with zero attached hydrogens (tertiary/aromatic N) is 1. The first-order valence-corrected chi connectivity index (χ1v) is 4.07. The average molecular weight is 1290 g/mol. The molecule has 16 heteroatoms. The molecule has 100 valence electrons. The molecule has 1 aromatic carbocycles. The number of rotatable bonds is 1. The maximum Gasteiger partial charge on any atom is 0.0352 e. The molecule has 0 aliphatic heterocycles. The third-order valence-corrected chi connectivity index (χ3v) is 2.64. The Balaban J connectivity index is -0.0000000120. The van der Waals surface area contributed by atoms with Crippen LogP contribution in [0.2, 0.25) is 0 Å². The van der Waals surface area contributed by atoms with Crippen LogP contribution in [0.15, 0.2) is 4.47 Å². The van der Waals surface area contributed by atoms with Gasteiger partial charge in [-0.2, -0.15) is 0 Å². The molecular weight excluding hydrogens is 1290 g/mol. The monoisotopic (exact) mass is 1290 g/mol. The van der Waals surface area contributed by atoms with E-state index < -0.39 is 4.92 Å². The molecule has 0 saturated heterocycles. The molecule has 0 aliphatic carbocycles. The van der Waals surface area contributed by atoms with Crippen molar-refractivity contribution in [3.63, 3.8) is 0 Å². The number of non-ortho nitro benzene ring substituents is 1. The Morgan fingerprint density at radius 2 is 0.917 bits per heavy atom.